The minimum atomic E-state index is -2.12. The summed E-state index contributed by atoms with van der Waals surface area (Å²) in [5, 5.41) is 9.21. The zero-order valence-corrected chi connectivity index (χ0v) is 10.00. The first kappa shape index (κ1) is 13.2. The van der Waals surface area contributed by atoms with E-state index in [0.717, 1.165) is 0 Å². The van der Waals surface area contributed by atoms with E-state index < -0.39 is 23.4 Å². The van der Waals surface area contributed by atoms with Gasteiger partial charge in [0.05, 0.1) is 11.1 Å². The zero-order chi connectivity index (χ0) is 14.2. The normalized spacial score (nSPS) is 17.3. The number of amides is 2. The Morgan fingerprint density at radius 1 is 1.21 bits per heavy atom. The van der Waals surface area contributed by atoms with E-state index in [-0.39, 0.29) is 24.1 Å². The van der Waals surface area contributed by atoms with Crippen LogP contribution in [0, 0.1) is 0 Å². The lowest BCUT2D eigenvalue weighted by molar-refractivity contribution is -0.148. The van der Waals surface area contributed by atoms with Gasteiger partial charge in [0.25, 0.3) is 11.8 Å². The maximum atomic E-state index is 12.2. The molecule has 0 bridgehead atoms. The van der Waals surface area contributed by atoms with Crippen LogP contribution in [0.15, 0.2) is 24.3 Å². The van der Waals surface area contributed by atoms with Gasteiger partial charge in [-0.25, -0.2) is 9.69 Å². The highest BCUT2D eigenvalue weighted by Crippen LogP contribution is 2.28. The fraction of sp³-hybridized carbons (Fsp3) is 0.250. The van der Waals surface area contributed by atoms with Crippen molar-refractivity contribution < 1.29 is 19.5 Å². The molecule has 1 aromatic rings. The molecular weight excluding hydrogens is 250 g/mol. The number of nitrogens with two attached hydrogens (primary N) is 2. The summed E-state index contributed by atoms with van der Waals surface area (Å²) in [7, 11) is 0. The molecule has 2 amide bonds. The van der Waals surface area contributed by atoms with Crippen LogP contribution in [0.4, 0.5) is 0 Å². The maximum Gasteiger partial charge on any atom is 0.345 e. The largest absolute Gasteiger partial charge is 0.478 e. The molecule has 7 nitrogen and oxygen atoms in total. The van der Waals surface area contributed by atoms with Gasteiger partial charge in [-0.3, -0.25) is 15.3 Å². The van der Waals surface area contributed by atoms with E-state index >= 15 is 0 Å². The van der Waals surface area contributed by atoms with Crippen molar-refractivity contribution in [2.45, 2.75) is 12.1 Å². The average molecular weight is 263 g/mol. The summed E-state index contributed by atoms with van der Waals surface area (Å²) in [4.78, 5) is 36.2. The van der Waals surface area contributed by atoms with E-state index in [1.165, 1.54) is 12.1 Å². The van der Waals surface area contributed by atoms with Crippen LogP contribution >= 0.6 is 0 Å². The highest BCUT2D eigenvalue weighted by atomic mass is 16.4. The van der Waals surface area contributed by atoms with Gasteiger partial charge >= 0.3 is 5.97 Å². The number of carboxylic acid groups (broad SMARTS) is 1. The lowest BCUT2D eigenvalue weighted by Crippen LogP contribution is -2.64. The number of hydrogen-bond donors (Lipinski definition) is 3. The molecule has 0 spiro atoms. The van der Waals surface area contributed by atoms with E-state index in [1.54, 1.807) is 12.1 Å². The molecule has 1 aliphatic rings. The second-order valence-electron chi connectivity index (χ2n) is 4.26. The van der Waals surface area contributed by atoms with Crippen molar-refractivity contribution >= 4 is 17.8 Å². The van der Waals surface area contributed by atoms with Crippen LogP contribution < -0.4 is 11.5 Å². The molecule has 100 valence electrons. The highest BCUT2D eigenvalue weighted by molar-refractivity contribution is 6.23. The van der Waals surface area contributed by atoms with Crippen molar-refractivity contribution in [2.24, 2.45) is 11.5 Å². The molecule has 5 N–H and O–H groups in total. The highest BCUT2D eigenvalue weighted by Gasteiger charge is 2.51. The fourth-order valence-corrected chi connectivity index (χ4v) is 2.09. The number of carbonyl (C=O) groups is 3. The SMILES string of the molecule is NCCC(N)(C(=O)O)N1C(=O)c2ccccc2C1=O. The second kappa shape index (κ2) is 4.45. The molecular formula is C12H13N3O4. The number of nitrogens with zero attached hydrogens (tertiary/aromatic N) is 1. The van der Waals surface area contributed by atoms with Crippen LogP contribution in [0.25, 0.3) is 0 Å². The van der Waals surface area contributed by atoms with Crippen LogP contribution in [0.3, 0.4) is 0 Å². The van der Waals surface area contributed by atoms with Gasteiger partial charge in [0.1, 0.15) is 0 Å². The molecule has 0 saturated heterocycles. The van der Waals surface area contributed by atoms with Gasteiger partial charge in [-0.1, -0.05) is 12.1 Å². The third-order valence-corrected chi connectivity index (χ3v) is 3.09. The number of benzene rings is 1. The number of carbonyl (C=O) groups excluding carboxylic acids is 2. The summed E-state index contributed by atoms with van der Waals surface area (Å²) < 4.78 is 0. The Labute approximate surface area is 108 Å². The molecule has 1 aliphatic heterocycles. The number of fused-ring (bicyclic) bond motifs is 1. The summed E-state index contributed by atoms with van der Waals surface area (Å²) in [6.07, 6.45) is -0.214. The van der Waals surface area contributed by atoms with Crippen LogP contribution in [0.5, 0.6) is 0 Å². The number of aliphatic carboxylic acids is 1. The second-order valence-corrected chi connectivity index (χ2v) is 4.26. The summed E-state index contributed by atoms with van der Waals surface area (Å²) >= 11 is 0. The van der Waals surface area contributed by atoms with Crippen molar-refractivity contribution in [1.82, 2.24) is 4.90 Å². The average Bonchev–Trinajstić information content (AvgIpc) is 2.63. The van der Waals surface area contributed by atoms with Crippen molar-refractivity contribution in [3.63, 3.8) is 0 Å². The third kappa shape index (κ3) is 1.79. The Balaban J connectivity index is 2.51. The monoisotopic (exact) mass is 263 g/mol. The van der Waals surface area contributed by atoms with Gasteiger partial charge in [-0.15, -0.1) is 0 Å². The fourth-order valence-electron chi connectivity index (χ4n) is 2.09. The smallest absolute Gasteiger partial charge is 0.345 e. The van der Waals surface area contributed by atoms with Crippen molar-refractivity contribution in [3.8, 4) is 0 Å². The molecule has 0 aromatic heterocycles. The van der Waals surface area contributed by atoms with E-state index in [4.69, 9.17) is 11.5 Å². The van der Waals surface area contributed by atoms with Crippen LogP contribution in [-0.4, -0.2) is 40.0 Å². The topological polar surface area (TPSA) is 127 Å². The van der Waals surface area contributed by atoms with E-state index in [1.807, 2.05) is 0 Å². The van der Waals surface area contributed by atoms with Crippen molar-refractivity contribution in [2.75, 3.05) is 6.54 Å². The Bertz CT molecular complexity index is 537. The summed E-state index contributed by atoms with van der Waals surface area (Å²) in [6.45, 7) is -0.0593. The molecule has 0 radical (unpaired) electrons. The molecule has 1 unspecified atom stereocenters. The zero-order valence-electron chi connectivity index (χ0n) is 10.00. The Morgan fingerprint density at radius 3 is 2.05 bits per heavy atom. The summed E-state index contributed by atoms with van der Waals surface area (Å²) in [5.41, 5.74) is 9.23. The Hall–Kier alpha value is -2.25. The first-order chi connectivity index (χ1) is 8.93. The third-order valence-electron chi connectivity index (χ3n) is 3.09. The molecule has 0 fully saturated rings. The summed E-state index contributed by atoms with van der Waals surface area (Å²) in [5.74, 6) is -2.88. The predicted molar refractivity (Wildman–Crippen MR) is 65.2 cm³/mol. The molecule has 7 heteroatoms. The molecule has 0 saturated carbocycles. The standard InChI is InChI=1S/C12H13N3O4/c13-6-5-12(14,11(18)19)15-9(16)7-3-1-2-4-8(7)10(15)17/h1-4H,5-6,13-14H2,(H,18,19). The molecule has 1 heterocycles. The van der Waals surface area contributed by atoms with E-state index in [2.05, 4.69) is 0 Å². The van der Waals surface area contributed by atoms with Gasteiger partial charge in [-0.2, -0.15) is 0 Å². The Kier molecular flexibility index (Phi) is 3.09. The minimum absolute atomic E-state index is 0.0593. The molecule has 1 aromatic carbocycles. The lowest BCUT2D eigenvalue weighted by Gasteiger charge is -2.32. The van der Waals surface area contributed by atoms with Crippen molar-refractivity contribution in [3.05, 3.63) is 35.4 Å². The van der Waals surface area contributed by atoms with Gasteiger partial charge in [0.15, 0.2) is 5.66 Å². The maximum absolute atomic E-state index is 12.2. The molecule has 1 atom stereocenters. The van der Waals surface area contributed by atoms with Crippen LogP contribution in [0.1, 0.15) is 27.1 Å². The first-order valence-corrected chi connectivity index (χ1v) is 5.63. The van der Waals surface area contributed by atoms with Gasteiger partial charge < -0.3 is 10.8 Å². The quantitative estimate of drug-likeness (QED) is 0.621. The summed E-state index contributed by atoms with van der Waals surface area (Å²) in [6, 6.07) is 6.10. The number of carboxylic acids is 1. The van der Waals surface area contributed by atoms with Crippen LogP contribution in [-0.2, 0) is 4.79 Å². The van der Waals surface area contributed by atoms with E-state index in [9.17, 15) is 19.5 Å². The van der Waals surface area contributed by atoms with Gasteiger partial charge in [-0.05, 0) is 18.7 Å². The molecule has 2 rings (SSSR count). The number of hydrogen-bond acceptors (Lipinski definition) is 5. The number of rotatable bonds is 4. The number of imide groups is 1. The van der Waals surface area contributed by atoms with E-state index in [0.29, 0.717) is 4.90 Å². The first-order valence-electron chi connectivity index (χ1n) is 5.63. The predicted octanol–water partition coefficient (Wildman–Crippen LogP) is -0.629. The Morgan fingerprint density at radius 2 is 1.68 bits per heavy atom. The van der Waals surface area contributed by atoms with Gasteiger partial charge in [0, 0.05) is 6.42 Å². The van der Waals surface area contributed by atoms with Gasteiger partial charge in [0.2, 0.25) is 0 Å². The molecule has 0 aliphatic carbocycles. The lowest BCUT2D eigenvalue weighted by atomic mass is 10.1. The molecule has 19 heavy (non-hydrogen) atoms. The van der Waals surface area contributed by atoms with Crippen molar-refractivity contribution in [1.29, 1.82) is 0 Å². The minimum Gasteiger partial charge on any atom is -0.478 e. The van der Waals surface area contributed by atoms with Crippen LogP contribution in [0.2, 0.25) is 0 Å².